The first-order valence-electron chi connectivity index (χ1n) is 6.10. The molecule has 0 spiro atoms. The molecule has 1 saturated carbocycles. The van der Waals surface area contributed by atoms with Crippen LogP contribution in [-0.2, 0) is 11.2 Å². The van der Waals surface area contributed by atoms with E-state index < -0.39 is 13.0 Å². The molecule has 1 aliphatic rings. The number of halogens is 2. The summed E-state index contributed by atoms with van der Waals surface area (Å²) in [6.45, 7) is -0.391. The minimum Gasteiger partial charge on any atom is -0.375 e. The third-order valence-corrected chi connectivity index (χ3v) is 3.08. The number of rotatable bonds is 6. The molecule has 0 aromatic carbocycles. The fourth-order valence-electron chi connectivity index (χ4n) is 2.15. The maximum atomic E-state index is 11.8. The quantitative estimate of drug-likeness (QED) is 0.785. The van der Waals surface area contributed by atoms with Crippen molar-refractivity contribution >= 4 is 0 Å². The van der Waals surface area contributed by atoms with Gasteiger partial charge in [0, 0.05) is 12.5 Å². The summed E-state index contributed by atoms with van der Waals surface area (Å²) in [5, 5.41) is 3.80. The Morgan fingerprint density at radius 2 is 2.28 bits per heavy atom. The van der Waals surface area contributed by atoms with Gasteiger partial charge in [-0.15, -0.1) is 0 Å². The Kier molecular flexibility index (Phi) is 4.60. The second kappa shape index (κ2) is 6.19. The van der Waals surface area contributed by atoms with Gasteiger partial charge in [0.2, 0.25) is 5.89 Å². The third kappa shape index (κ3) is 3.46. The minimum absolute atomic E-state index is 0.0772. The van der Waals surface area contributed by atoms with Crippen molar-refractivity contribution < 1.29 is 18.0 Å². The number of nitrogens with zero attached hydrogens (tertiary/aromatic N) is 2. The topological polar surface area (TPSA) is 74.2 Å². The number of nitrogens with two attached hydrogens (primary N) is 1. The highest BCUT2D eigenvalue weighted by Crippen LogP contribution is 2.32. The molecule has 0 saturated heterocycles. The largest absolute Gasteiger partial charge is 0.375 e. The van der Waals surface area contributed by atoms with Crippen LogP contribution in [0.15, 0.2) is 4.52 Å². The van der Waals surface area contributed by atoms with Gasteiger partial charge in [-0.2, -0.15) is 4.98 Å². The fourth-order valence-corrected chi connectivity index (χ4v) is 2.15. The van der Waals surface area contributed by atoms with Crippen LogP contribution in [0, 0.1) is 0 Å². The zero-order valence-corrected chi connectivity index (χ0v) is 10.0. The van der Waals surface area contributed by atoms with Crippen molar-refractivity contribution in [3.8, 4) is 0 Å². The number of hydrogen-bond donors (Lipinski definition) is 1. The molecule has 1 aromatic rings. The third-order valence-electron chi connectivity index (χ3n) is 3.08. The maximum absolute atomic E-state index is 11.8. The van der Waals surface area contributed by atoms with Gasteiger partial charge in [0.25, 0.3) is 6.43 Å². The van der Waals surface area contributed by atoms with Crippen molar-refractivity contribution in [2.45, 2.75) is 44.1 Å². The van der Waals surface area contributed by atoms with Gasteiger partial charge in [-0.1, -0.05) is 11.6 Å². The molecule has 0 amide bonds. The van der Waals surface area contributed by atoms with E-state index in [0.29, 0.717) is 18.1 Å². The van der Waals surface area contributed by atoms with E-state index >= 15 is 0 Å². The normalized spacial score (nSPS) is 24.0. The van der Waals surface area contributed by atoms with Crippen molar-refractivity contribution in [3.63, 3.8) is 0 Å². The number of ether oxygens (including phenoxy) is 1. The van der Waals surface area contributed by atoms with Crippen molar-refractivity contribution in [3.05, 3.63) is 11.7 Å². The van der Waals surface area contributed by atoms with Crippen molar-refractivity contribution in [1.82, 2.24) is 10.1 Å². The van der Waals surface area contributed by atoms with Crippen LogP contribution >= 0.6 is 0 Å². The van der Waals surface area contributed by atoms with Crippen LogP contribution in [0.2, 0.25) is 0 Å². The first-order valence-corrected chi connectivity index (χ1v) is 6.10. The van der Waals surface area contributed by atoms with Gasteiger partial charge in [0.1, 0.15) is 6.61 Å². The Labute approximate surface area is 104 Å². The molecule has 2 N–H and O–H groups in total. The summed E-state index contributed by atoms with van der Waals surface area (Å²) in [5.41, 5.74) is 5.94. The summed E-state index contributed by atoms with van der Waals surface area (Å²) in [5.74, 6) is 1.18. The van der Waals surface area contributed by atoms with Crippen LogP contribution in [0.4, 0.5) is 8.78 Å². The highest BCUT2D eigenvalue weighted by molar-refractivity contribution is 5.02. The average Bonchev–Trinajstić information content (AvgIpc) is 2.92. The molecule has 2 atom stereocenters. The molecule has 18 heavy (non-hydrogen) atoms. The smallest absolute Gasteiger partial charge is 0.261 e. The van der Waals surface area contributed by atoms with Crippen LogP contribution < -0.4 is 5.73 Å². The Morgan fingerprint density at radius 3 is 2.94 bits per heavy atom. The van der Waals surface area contributed by atoms with Crippen LogP contribution in [0.5, 0.6) is 0 Å². The first-order chi connectivity index (χ1) is 8.66. The standard InChI is InChI=1S/C11H17F2N3O2/c12-9(13)6-17-5-4-10-15-11(18-16-10)7-2-1-3-8(7)14/h7-9H,1-6,14H2. The zero-order valence-electron chi connectivity index (χ0n) is 10.0. The lowest BCUT2D eigenvalue weighted by atomic mass is 10.1. The van der Waals surface area contributed by atoms with E-state index in [9.17, 15) is 8.78 Å². The van der Waals surface area contributed by atoms with E-state index in [1.165, 1.54) is 0 Å². The summed E-state index contributed by atoms with van der Waals surface area (Å²) < 4.78 is 33.6. The van der Waals surface area contributed by atoms with E-state index in [1.54, 1.807) is 0 Å². The highest BCUT2D eigenvalue weighted by Gasteiger charge is 2.30. The van der Waals surface area contributed by atoms with E-state index in [-0.39, 0.29) is 18.6 Å². The van der Waals surface area contributed by atoms with E-state index in [2.05, 4.69) is 10.1 Å². The summed E-state index contributed by atoms with van der Waals surface area (Å²) in [6.07, 6.45) is 0.936. The molecule has 1 aromatic heterocycles. The predicted molar refractivity (Wildman–Crippen MR) is 59.4 cm³/mol. The lowest BCUT2D eigenvalue weighted by molar-refractivity contribution is 0.0182. The molecule has 2 unspecified atom stereocenters. The molecule has 0 bridgehead atoms. The summed E-state index contributed by atoms with van der Waals surface area (Å²) in [6, 6.07) is 0.0772. The number of alkyl halides is 2. The highest BCUT2D eigenvalue weighted by atomic mass is 19.3. The number of aromatic nitrogens is 2. The molecule has 102 valence electrons. The average molecular weight is 261 g/mol. The monoisotopic (exact) mass is 261 g/mol. The Morgan fingerprint density at radius 1 is 1.44 bits per heavy atom. The van der Waals surface area contributed by atoms with E-state index in [1.807, 2.05) is 0 Å². The molecule has 1 heterocycles. The van der Waals surface area contributed by atoms with Crippen molar-refractivity contribution in [2.75, 3.05) is 13.2 Å². The molecule has 1 fully saturated rings. The minimum atomic E-state index is -2.44. The Bertz CT molecular complexity index is 373. The summed E-state index contributed by atoms with van der Waals surface area (Å²) >= 11 is 0. The van der Waals surface area contributed by atoms with Crippen molar-refractivity contribution in [1.29, 1.82) is 0 Å². The molecule has 2 rings (SSSR count). The van der Waals surface area contributed by atoms with E-state index in [4.69, 9.17) is 15.0 Å². The second-order valence-corrected chi connectivity index (χ2v) is 4.47. The molecule has 7 heteroatoms. The Balaban J connectivity index is 1.79. The lowest BCUT2D eigenvalue weighted by Crippen LogP contribution is -2.22. The summed E-state index contributed by atoms with van der Waals surface area (Å²) in [7, 11) is 0. The van der Waals surface area contributed by atoms with Crippen LogP contribution in [0.25, 0.3) is 0 Å². The van der Waals surface area contributed by atoms with Crippen LogP contribution in [0.1, 0.15) is 36.9 Å². The van der Waals surface area contributed by atoms with Gasteiger partial charge in [-0.25, -0.2) is 8.78 Å². The lowest BCUT2D eigenvalue weighted by Gasteiger charge is -2.08. The van der Waals surface area contributed by atoms with E-state index in [0.717, 1.165) is 19.3 Å². The van der Waals surface area contributed by atoms with Gasteiger partial charge in [-0.3, -0.25) is 0 Å². The molecule has 1 aliphatic carbocycles. The molecular weight excluding hydrogens is 244 g/mol. The molecular formula is C11H17F2N3O2. The van der Waals surface area contributed by atoms with Crippen molar-refractivity contribution in [2.24, 2.45) is 5.73 Å². The SMILES string of the molecule is NC1CCCC1c1nc(CCOCC(F)F)no1. The zero-order chi connectivity index (χ0) is 13.0. The fraction of sp³-hybridized carbons (Fsp3) is 0.818. The van der Waals surface area contributed by atoms with Crippen LogP contribution in [0.3, 0.4) is 0 Å². The molecule has 0 radical (unpaired) electrons. The molecule has 5 nitrogen and oxygen atoms in total. The maximum Gasteiger partial charge on any atom is 0.261 e. The van der Waals surface area contributed by atoms with Gasteiger partial charge in [-0.05, 0) is 12.8 Å². The first kappa shape index (κ1) is 13.4. The van der Waals surface area contributed by atoms with Crippen LogP contribution in [-0.4, -0.2) is 35.8 Å². The van der Waals surface area contributed by atoms with Gasteiger partial charge in [0.05, 0.1) is 12.5 Å². The molecule has 0 aliphatic heterocycles. The predicted octanol–water partition coefficient (Wildman–Crippen LogP) is 1.49. The summed E-state index contributed by atoms with van der Waals surface area (Å²) in [4.78, 5) is 4.23. The van der Waals surface area contributed by atoms with Gasteiger partial charge >= 0.3 is 0 Å². The number of hydrogen-bond acceptors (Lipinski definition) is 5. The Hall–Kier alpha value is -1.08. The van der Waals surface area contributed by atoms with Gasteiger partial charge < -0.3 is 15.0 Å². The van der Waals surface area contributed by atoms with Gasteiger partial charge in [0.15, 0.2) is 5.82 Å². The second-order valence-electron chi connectivity index (χ2n) is 4.47.